The second kappa shape index (κ2) is 7.56. The van der Waals surface area contributed by atoms with Gasteiger partial charge in [0.1, 0.15) is 12.1 Å². The zero-order valence-electron chi connectivity index (χ0n) is 15.7. The molecule has 0 aliphatic carbocycles. The van der Waals surface area contributed by atoms with Gasteiger partial charge in [0.25, 0.3) is 0 Å². The molecule has 0 aromatic carbocycles. The molecule has 6 nitrogen and oxygen atoms in total. The zero-order valence-corrected chi connectivity index (χ0v) is 15.7. The molecule has 0 amide bonds. The molecule has 6 heteroatoms. The summed E-state index contributed by atoms with van der Waals surface area (Å²) in [5, 5.41) is 0. The van der Waals surface area contributed by atoms with Crippen LogP contribution in [0, 0.1) is 25.7 Å². The molecule has 3 aliphatic heterocycles. The average molecular weight is 345 g/mol. The Bertz CT molecular complexity index is 573. The smallest absolute Gasteiger partial charge is 0.135 e. The fourth-order valence-corrected chi connectivity index (χ4v) is 4.59. The van der Waals surface area contributed by atoms with E-state index >= 15 is 0 Å². The number of anilines is 1. The summed E-state index contributed by atoms with van der Waals surface area (Å²) in [6.07, 6.45) is 2.89. The van der Waals surface area contributed by atoms with Gasteiger partial charge in [-0.05, 0) is 32.1 Å². The van der Waals surface area contributed by atoms with Crippen molar-refractivity contribution >= 4 is 5.82 Å². The fraction of sp³-hybridized carbons (Fsp3) is 0.789. The van der Waals surface area contributed by atoms with Gasteiger partial charge in [-0.2, -0.15) is 0 Å². The van der Waals surface area contributed by atoms with E-state index < -0.39 is 0 Å². The van der Waals surface area contributed by atoms with Crippen molar-refractivity contribution < 1.29 is 4.74 Å². The lowest BCUT2D eigenvalue weighted by Gasteiger charge is -2.26. The number of hydrogen-bond acceptors (Lipinski definition) is 6. The molecule has 2 atom stereocenters. The van der Waals surface area contributed by atoms with Crippen LogP contribution in [0.2, 0.25) is 0 Å². The number of fused-ring (bicyclic) bond motifs is 1. The van der Waals surface area contributed by atoms with Crippen molar-refractivity contribution in [3.05, 3.63) is 17.6 Å². The van der Waals surface area contributed by atoms with E-state index in [1.165, 1.54) is 44.7 Å². The van der Waals surface area contributed by atoms with Crippen LogP contribution >= 0.6 is 0 Å². The highest BCUT2D eigenvalue weighted by Crippen LogP contribution is 2.34. The van der Waals surface area contributed by atoms with Gasteiger partial charge in [0.15, 0.2) is 0 Å². The van der Waals surface area contributed by atoms with Gasteiger partial charge < -0.3 is 14.5 Å². The topological polar surface area (TPSA) is 44.7 Å². The van der Waals surface area contributed by atoms with Gasteiger partial charge in [-0.3, -0.25) is 4.90 Å². The first-order valence-corrected chi connectivity index (χ1v) is 9.76. The first-order valence-electron chi connectivity index (χ1n) is 9.76. The van der Waals surface area contributed by atoms with E-state index in [0.717, 1.165) is 56.2 Å². The lowest BCUT2D eigenvalue weighted by molar-refractivity contribution is 0.139. The molecule has 3 fully saturated rings. The third-order valence-electron chi connectivity index (χ3n) is 6.22. The van der Waals surface area contributed by atoms with Crippen molar-refractivity contribution in [2.45, 2.75) is 20.3 Å². The maximum atomic E-state index is 5.56. The van der Waals surface area contributed by atoms with Gasteiger partial charge in [-0.25, -0.2) is 9.97 Å². The third kappa shape index (κ3) is 3.81. The van der Waals surface area contributed by atoms with E-state index in [1.54, 1.807) is 6.33 Å². The first kappa shape index (κ1) is 17.2. The molecule has 4 heterocycles. The zero-order chi connectivity index (χ0) is 17.2. The number of likely N-dealkylation sites (tertiary alicyclic amines) is 1. The second-order valence-electron chi connectivity index (χ2n) is 7.90. The Morgan fingerprint density at radius 1 is 0.960 bits per heavy atom. The third-order valence-corrected chi connectivity index (χ3v) is 6.22. The van der Waals surface area contributed by atoms with Crippen molar-refractivity contribution in [1.82, 2.24) is 19.8 Å². The van der Waals surface area contributed by atoms with Gasteiger partial charge in [0.2, 0.25) is 0 Å². The lowest BCUT2D eigenvalue weighted by atomic mass is 10.0. The van der Waals surface area contributed by atoms with Gasteiger partial charge in [0.05, 0.1) is 6.61 Å². The molecule has 0 bridgehead atoms. The second-order valence-corrected chi connectivity index (χ2v) is 7.90. The molecule has 138 valence electrons. The van der Waals surface area contributed by atoms with Crippen LogP contribution in [-0.2, 0) is 4.74 Å². The predicted molar refractivity (Wildman–Crippen MR) is 99.0 cm³/mol. The Balaban J connectivity index is 1.28. The van der Waals surface area contributed by atoms with Gasteiger partial charge >= 0.3 is 0 Å². The van der Waals surface area contributed by atoms with Crippen molar-refractivity contribution in [1.29, 1.82) is 0 Å². The molecular formula is C19H31N5O. The van der Waals surface area contributed by atoms with Crippen LogP contribution in [0.25, 0.3) is 0 Å². The number of nitrogens with zero attached hydrogens (tertiary/aromatic N) is 5. The molecule has 0 spiro atoms. The molecule has 0 radical (unpaired) electrons. The number of aromatic nitrogens is 2. The molecular weight excluding hydrogens is 314 g/mol. The summed E-state index contributed by atoms with van der Waals surface area (Å²) >= 11 is 0. The SMILES string of the molecule is Cc1ncnc(N2CC3CN(CCN4CCCOCC4)CC3C2)c1C. The van der Waals surface area contributed by atoms with E-state index in [2.05, 4.69) is 38.5 Å². The summed E-state index contributed by atoms with van der Waals surface area (Å²) in [6, 6.07) is 0. The molecule has 0 saturated carbocycles. The molecule has 1 aromatic heterocycles. The molecule has 4 rings (SSSR count). The van der Waals surface area contributed by atoms with E-state index in [1.807, 2.05) is 0 Å². The number of ether oxygens (including phenoxy) is 1. The summed E-state index contributed by atoms with van der Waals surface area (Å²) in [5.74, 6) is 2.74. The normalized spacial score (nSPS) is 28.3. The molecule has 2 unspecified atom stereocenters. The molecule has 0 N–H and O–H groups in total. The Kier molecular flexibility index (Phi) is 5.20. The van der Waals surface area contributed by atoms with E-state index in [0.29, 0.717) is 0 Å². The fourth-order valence-electron chi connectivity index (χ4n) is 4.59. The summed E-state index contributed by atoms with van der Waals surface area (Å²) < 4.78 is 5.56. The lowest BCUT2D eigenvalue weighted by Crippen LogP contribution is -2.37. The monoisotopic (exact) mass is 345 g/mol. The molecule has 25 heavy (non-hydrogen) atoms. The summed E-state index contributed by atoms with van der Waals surface area (Å²) in [6.45, 7) is 15.5. The van der Waals surface area contributed by atoms with E-state index in [9.17, 15) is 0 Å². The molecule has 3 saturated heterocycles. The predicted octanol–water partition coefficient (Wildman–Crippen LogP) is 1.18. The van der Waals surface area contributed by atoms with Gasteiger partial charge in [-0.15, -0.1) is 0 Å². The average Bonchev–Trinajstić information content (AvgIpc) is 3.04. The van der Waals surface area contributed by atoms with Crippen molar-refractivity contribution in [3.8, 4) is 0 Å². The van der Waals surface area contributed by atoms with Crippen LogP contribution in [0.1, 0.15) is 17.7 Å². The number of aryl methyl sites for hydroxylation is 1. The van der Waals surface area contributed by atoms with E-state index in [4.69, 9.17) is 4.74 Å². The Labute approximate surface area is 151 Å². The standard InChI is InChI=1S/C19H31N5O/c1-15-16(2)20-14-21-19(15)24-12-17-10-23(11-18(17)13-24)6-5-22-4-3-8-25-9-7-22/h14,17-18H,3-13H2,1-2H3. The largest absolute Gasteiger partial charge is 0.380 e. The first-order chi connectivity index (χ1) is 12.2. The Morgan fingerprint density at radius 2 is 1.72 bits per heavy atom. The summed E-state index contributed by atoms with van der Waals surface area (Å²) in [4.78, 5) is 16.6. The van der Waals surface area contributed by atoms with Crippen LogP contribution in [-0.4, -0.2) is 85.3 Å². The molecule has 1 aromatic rings. The summed E-state index contributed by atoms with van der Waals surface area (Å²) in [7, 11) is 0. The minimum atomic E-state index is 0.794. The Morgan fingerprint density at radius 3 is 2.52 bits per heavy atom. The van der Waals surface area contributed by atoms with Crippen molar-refractivity contribution in [3.63, 3.8) is 0 Å². The maximum absolute atomic E-state index is 5.56. The molecule has 3 aliphatic rings. The van der Waals surface area contributed by atoms with Crippen LogP contribution in [0.4, 0.5) is 5.82 Å². The van der Waals surface area contributed by atoms with Crippen LogP contribution in [0.15, 0.2) is 6.33 Å². The number of hydrogen-bond donors (Lipinski definition) is 0. The Hall–Kier alpha value is -1.24. The highest BCUT2D eigenvalue weighted by Gasteiger charge is 2.40. The van der Waals surface area contributed by atoms with Gasteiger partial charge in [0, 0.05) is 70.2 Å². The minimum Gasteiger partial charge on any atom is -0.380 e. The maximum Gasteiger partial charge on any atom is 0.135 e. The van der Waals surface area contributed by atoms with Crippen molar-refractivity contribution in [2.75, 3.05) is 70.5 Å². The summed E-state index contributed by atoms with van der Waals surface area (Å²) in [5.41, 5.74) is 2.34. The number of rotatable bonds is 4. The highest BCUT2D eigenvalue weighted by molar-refractivity contribution is 5.48. The minimum absolute atomic E-state index is 0.794. The van der Waals surface area contributed by atoms with Crippen LogP contribution in [0.5, 0.6) is 0 Å². The van der Waals surface area contributed by atoms with Crippen molar-refractivity contribution in [2.24, 2.45) is 11.8 Å². The quantitative estimate of drug-likeness (QED) is 0.817. The van der Waals surface area contributed by atoms with E-state index in [-0.39, 0.29) is 0 Å². The van der Waals surface area contributed by atoms with Gasteiger partial charge in [-0.1, -0.05) is 0 Å². The van der Waals surface area contributed by atoms with Crippen LogP contribution < -0.4 is 4.90 Å². The van der Waals surface area contributed by atoms with Crippen LogP contribution in [0.3, 0.4) is 0 Å². The highest BCUT2D eigenvalue weighted by atomic mass is 16.5.